The van der Waals surface area contributed by atoms with E-state index in [1.165, 1.54) is 46.6 Å². The molecule has 1 N–H and O–H groups in total. The van der Waals surface area contributed by atoms with Gasteiger partial charge < -0.3 is 4.74 Å². The van der Waals surface area contributed by atoms with Gasteiger partial charge in [-0.3, -0.25) is 10.1 Å². The van der Waals surface area contributed by atoms with Gasteiger partial charge in [0.15, 0.2) is 0 Å². The fourth-order valence-electron chi connectivity index (χ4n) is 2.41. The molecule has 1 unspecified atom stereocenters. The summed E-state index contributed by atoms with van der Waals surface area (Å²) in [5.74, 6) is -0.0732. The van der Waals surface area contributed by atoms with Crippen molar-refractivity contribution in [1.82, 2.24) is 10.2 Å². The maximum Gasteiger partial charge on any atom is 0.267 e. The Balaban J connectivity index is 1.74. The third kappa shape index (κ3) is 3.00. The van der Waals surface area contributed by atoms with Crippen LogP contribution in [0.2, 0.25) is 0 Å². The zero-order chi connectivity index (χ0) is 14.8. The molecule has 0 saturated carbocycles. The number of aryl methyl sites for hydroxylation is 1. The summed E-state index contributed by atoms with van der Waals surface area (Å²) in [6.45, 7) is 1.90. The molecule has 0 fully saturated rings. The van der Waals surface area contributed by atoms with Crippen LogP contribution in [0.5, 0.6) is 0 Å². The number of fused-ring (bicyclic) bond motifs is 1. The summed E-state index contributed by atoms with van der Waals surface area (Å²) in [7, 11) is 1.63. The van der Waals surface area contributed by atoms with Crippen LogP contribution in [0.1, 0.15) is 51.7 Å². The number of nitrogens with one attached hydrogen (secondary N) is 1. The van der Waals surface area contributed by atoms with E-state index in [2.05, 4.69) is 20.9 Å². The number of rotatable bonds is 4. The van der Waals surface area contributed by atoms with Crippen molar-refractivity contribution >= 4 is 33.7 Å². The monoisotopic (exact) mass is 323 g/mol. The largest absolute Gasteiger partial charge is 0.374 e. The molecule has 2 aromatic rings. The average Bonchev–Trinajstić information content (AvgIpc) is 3.12. The smallest absolute Gasteiger partial charge is 0.267 e. The minimum atomic E-state index is -0.109. The number of carbonyl (C=O) groups is 1. The van der Waals surface area contributed by atoms with E-state index in [0.717, 1.165) is 22.7 Å². The van der Waals surface area contributed by atoms with Gasteiger partial charge in [0.1, 0.15) is 11.1 Å². The summed E-state index contributed by atoms with van der Waals surface area (Å²) in [6, 6.07) is 0. The number of hydrogen-bond acceptors (Lipinski definition) is 6. The van der Waals surface area contributed by atoms with E-state index in [1.807, 2.05) is 6.92 Å². The highest BCUT2D eigenvalue weighted by atomic mass is 32.1. The lowest BCUT2D eigenvalue weighted by Gasteiger charge is -2.12. The van der Waals surface area contributed by atoms with Crippen LogP contribution in [0.15, 0.2) is 5.38 Å². The number of carbonyl (C=O) groups excluding carboxylic acids is 1. The molecule has 3 rings (SSSR count). The molecule has 0 radical (unpaired) electrons. The number of anilines is 1. The Labute approximate surface area is 131 Å². The zero-order valence-electron chi connectivity index (χ0n) is 12.0. The van der Waals surface area contributed by atoms with E-state index in [9.17, 15) is 4.79 Å². The highest BCUT2D eigenvalue weighted by Gasteiger charge is 2.21. The summed E-state index contributed by atoms with van der Waals surface area (Å²) in [4.78, 5) is 13.2. The molecular formula is C14H17N3O2S2. The van der Waals surface area contributed by atoms with Crippen LogP contribution in [-0.2, 0) is 17.6 Å². The third-order valence-electron chi connectivity index (χ3n) is 3.67. The molecule has 112 valence electrons. The molecule has 0 spiro atoms. The first kappa shape index (κ1) is 14.6. The SMILES string of the molecule is COC(C)c1nnc(NC(=O)c2scc3c2CCCC3)s1. The second-order valence-corrected chi connectivity index (χ2v) is 6.94. The number of nitrogens with zero attached hydrogens (tertiary/aromatic N) is 2. The third-order valence-corrected chi connectivity index (χ3v) is 5.74. The summed E-state index contributed by atoms with van der Waals surface area (Å²) in [5.41, 5.74) is 2.56. The van der Waals surface area contributed by atoms with E-state index in [4.69, 9.17) is 4.74 Å². The molecule has 0 aliphatic heterocycles. The Morgan fingerprint density at radius 2 is 2.19 bits per heavy atom. The van der Waals surface area contributed by atoms with Gasteiger partial charge in [-0.2, -0.15) is 0 Å². The van der Waals surface area contributed by atoms with E-state index in [-0.39, 0.29) is 12.0 Å². The second kappa shape index (κ2) is 6.21. The van der Waals surface area contributed by atoms with Gasteiger partial charge in [0, 0.05) is 7.11 Å². The molecule has 2 heterocycles. The van der Waals surface area contributed by atoms with Crippen LogP contribution < -0.4 is 5.32 Å². The summed E-state index contributed by atoms with van der Waals surface area (Å²) in [6.07, 6.45) is 4.37. The van der Waals surface area contributed by atoms with Gasteiger partial charge in [0.25, 0.3) is 5.91 Å². The molecule has 0 bridgehead atoms. The molecule has 1 amide bonds. The fourth-order valence-corrected chi connectivity index (χ4v) is 4.23. The number of amides is 1. The highest BCUT2D eigenvalue weighted by Crippen LogP contribution is 2.31. The van der Waals surface area contributed by atoms with Crippen molar-refractivity contribution in [2.45, 2.75) is 38.7 Å². The standard InChI is InChI=1S/C14H17N3O2S2/c1-8(19-2)13-16-17-14(21-13)15-12(18)11-10-6-4-3-5-9(10)7-20-11/h7-8H,3-6H2,1-2H3,(H,15,17,18). The summed E-state index contributed by atoms with van der Waals surface area (Å²) >= 11 is 2.88. The van der Waals surface area contributed by atoms with Gasteiger partial charge in [-0.05, 0) is 49.1 Å². The molecule has 1 aliphatic carbocycles. The Kier molecular flexibility index (Phi) is 4.32. The zero-order valence-corrected chi connectivity index (χ0v) is 13.6. The average molecular weight is 323 g/mol. The first-order valence-electron chi connectivity index (χ1n) is 6.96. The fraction of sp³-hybridized carbons (Fsp3) is 0.500. The van der Waals surface area contributed by atoms with Crippen LogP contribution in [0, 0.1) is 0 Å². The lowest BCUT2D eigenvalue weighted by molar-refractivity contribution is 0.102. The first-order chi connectivity index (χ1) is 10.2. The second-order valence-electron chi connectivity index (χ2n) is 5.05. The Morgan fingerprint density at radius 3 is 3.00 bits per heavy atom. The van der Waals surface area contributed by atoms with E-state index in [1.54, 1.807) is 7.11 Å². The quantitative estimate of drug-likeness (QED) is 0.936. The predicted octanol–water partition coefficient (Wildman–Crippen LogP) is 3.44. The molecule has 2 aromatic heterocycles. The van der Waals surface area contributed by atoms with Crippen LogP contribution in [0.4, 0.5) is 5.13 Å². The van der Waals surface area contributed by atoms with Crippen molar-refractivity contribution in [1.29, 1.82) is 0 Å². The topological polar surface area (TPSA) is 64.1 Å². The molecule has 0 saturated heterocycles. The molecular weight excluding hydrogens is 306 g/mol. The molecule has 5 nitrogen and oxygen atoms in total. The summed E-state index contributed by atoms with van der Waals surface area (Å²) in [5, 5.41) is 14.3. The van der Waals surface area contributed by atoms with Crippen LogP contribution >= 0.6 is 22.7 Å². The van der Waals surface area contributed by atoms with Crippen molar-refractivity contribution in [2.75, 3.05) is 12.4 Å². The van der Waals surface area contributed by atoms with Gasteiger partial charge in [0.2, 0.25) is 5.13 Å². The van der Waals surface area contributed by atoms with Gasteiger partial charge in [0.05, 0.1) is 4.88 Å². The first-order valence-corrected chi connectivity index (χ1v) is 8.65. The Hall–Kier alpha value is -1.31. The Bertz CT molecular complexity index is 650. The maximum absolute atomic E-state index is 12.4. The lowest BCUT2D eigenvalue weighted by atomic mass is 9.94. The van der Waals surface area contributed by atoms with Crippen LogP contribution in [0.25, 0.3) is 0 Å². The summed E-state index contributed by atoms with van der Waals surface area (Å²) < 4.78 is 5.20. The molecule has 0 aromatic carbocycles. The van der Waals surface area contributed by atoms with Gasteiger partial charge >= 0.3 is 0 Å². The van der Waals surface area contributed by atoms with Gasteiger partial charge in [-0.15, -0.1) is 21.5 Å². The molecule has 1 atom stereocenters. The normalized spacial score (nSPS) is 15.5. The van der Waals surface area contributed by atoms with Crippen LogP contribution in [0.3, 0.4) is 0 Å². The van der Waals surface area contributed by atoms with Gasteiger partial charge in [-0.1, -0.05) is 11.3 Å². The van der Waals surface area contributed by atoms with E-state index < -0.39 is 0 Å². The van der Waals surface area contributed by atoms with Crippen molar-refractivity contribution in [2.24, 2.45) is 0 Å². The molecule has 1 aliphatic rings. The number of thiophene rings is 1. The van der Waals surface area contributed by atoms with Crippen LogP contribution in [-0.4, -0.2) is 23.2 Å². The maximum atomic E-state index is 12.4. The molecule has 21 heavy (non-hydrogen) atoms. The lowest BCUT2D eigenvalue weighted by Crippen LogP contribution is -2.13. The minimum absolute atomic E-state index is 0.0732. The number of hydrogen-bond donors (Lipinski definition) is 1. The number of methoxy groups -OCH3 is 1. The minimum Gasteiger partial charge on any atom is -0.374 e. The van der Waals surface area contributed by atoms with Crippen molar-refractivity contribution in [3.8, 4) is 0 Å². The van der Waals surface area contributed by atoms with Crippen molar-refractivity contribution in [3.63, 3.8) is 0 Å². The predicted molar refractivity (Wildman–Crippen MR) is 84.2 cm³/mol. The van der Waals surface area contributed by atoms with Gasteiger partial charge in [-0.25, -0.2) is 0 Å². The molecule has 7 heteroatoms. The van der Waals surface area contributed by atoms with Crippen molar-refractivity contribution in [3.05, 3.63) is 26.4 Å². The Morgan fingerprint density at radius 1 is 1.38 bits per heavy atom. The van der Waals surface area contributed by atoms with Crippen molar-refractivity contribution < 1.29 is 9.53 Å². The van der Waals surface area contributed by atoms with E-state index >= 15 is 0 Å². The highest BCUT2D eigenvalue weighted by molar-refractivity contribution is 7.16. The number of aromatic nitrogens is 2. The van der Waals surface area contributed by atoms with E-state index in [0.29, 0.717) is 5.13 Å². The number of ether oxygens (including phenoxy) is 1.